The maximum Gasteiger partial charge on any atom is 0.219 e. The van der Waals surface area contributed by atoms with Crippen molar-refractivity contribution in [1.82, 2.24) is 5.32 Å². The number of aryl methyl sites for hydroxylation is 1. The van der Waals surface area contributed by atoms with E-state index in [1.165, 1.54) is 11.1 Å². The Morgan fingerprint density at radius 3 is 3.18 bits per heavy atom. The molecule has 1 aromatic rings. The van der Waals surface area contributed by atoms with E-state index >= 15 is 0 Å². The summed E-state index contributed by atoms with van der Waals surface area (Å²) in [5.74, 6) is 1.17. The molecule has 0 saturated carbocycles. The molecule has 2 rings (SSSR count). The first kappa shape index (κ1) is 12.0. The van der Waals surface area contributed by atoms with E-state index in [9.17, 15) is 4.79 Å². The number of rotatable bonds is 5. The molecule has 0 saturated heterocycles. The quantitative estimate of drug-likeness (QED) is 0.791. The molecule has 0 atom stereocenters. The highest BCUT2D eigenvalue weighted by Gasteiger charge is 2.14. The molecule has 0 unspecified atom stereocenters. The van der Waals surface area contributed by atoms with Crippen LogP contribution in [0.1, 0.15) is 30.9 Å². The largest absolute Gasteiger partial charge is 0.493 e. The monoisotopic (exact) mass is 233 g/mol. The van der Waals surface area contributed by atoms with Gasteiger partial charge in [0.15, 0.2) is 0 Å². The number of hydrogen-bond acceptors (Lipinski definition) is 2. The Morgan fingerprint density at radius 2 is 2.35 bits per heavy atom. The third kappa shape index (κ3) is 2.99. The number of hydrogen-bond donors (Lipinski definition) is 1. The van der Waals surface area contributed by atoms with Crippen LogP contribution in [0.4, 0.5) is 0 Å². The van der Waals surface area contributed by atoms with Gasteiger partial charge in [0.2, 0.25) is 5.91 Å². The second-order valence-electron chi connectivity index (χ2n) is 4.30. The number of amides is 1. The van der Waals surface area contributed by atoms with Crippen LogP contribution < -0.4 is 10.1 Å². The minimum absolute atomic E-state index is 0.131. The van der Waals surface area contributed by atoms with Crippen molar-refractivity contribution >= 4 is 5.91 Å². The number of benzene rings is 1. The van der Waals surface area contributed by atoms with Crippen LogP contribution in [0.5, 0.6) is 5.75 Å². The van der Waals surface area contributed by atoms with E-state index < -0.39 is 0 Å². The Morgan fingerprint density at radius 1 is 1.47 bits per heavy atom. The van der Waals surface area contributed by atoms with E-state index in [1.54, 1.807) is 0 Å². The van der Waals surface area contributed by atoms with Crippen molar-refractivity contribution in [2.75, 3.05) is 13.2 Å². The lowest BCUT2D eigenvalue weighted by molar-refractivity contribution is -0.120. The second kappa shape index (κ2) is 5.71. The number of carbonyl (C=O) groups is 1. The van der Waals surface area contributed by atoms with E-state index in [-0.39, 0.29) is 5.91 Å². The van der Waals surface area contributed by atoms with E-state index in [2.05, 4.69) is 11.4 Å². The molecule has 0 aliphatic carbocycles. The number of carbonyl (C=O) groups excluding carboxylic acids is 1. The highest BCUT2D eigenvalue weighted by Crippen LogP contribution is 2.28. The number of nitrogens with one attached hydrogen (secondary N) is 1. The summed E-state index contributed by atoms with van der Waals surface area (Å²) in [4.78, 5) is 11.1. The topological polar surface area (TPSA) is 38.3 Å². The summed E-state index contributed by atoms with van der Waals surface area (Å²) >= 11 is 0. The van der Waals surface area contributed by atoms with Gasteiger partial charge in [-0.1, -0.05) is 19.1 Å². The highest BCUT2D eigenvalue weighted by atomic mass is 16.5. The van der Waals surface area contributed by atoms with Gasteiger partial charge >= 0.3 is 0 Å². The molecule has 1 aliphatic rings. The highest BCUT2D eigenvalue weighted by molar-refractivity contribution is 5.75. The predicted octanol–water partition coefficient (Wildman–Crippen LogP) is 2.08. The van der Waals surface area contributed by atoms with Gasteiger partial charge in [0.25, 0.3) is 0 Å². The van der Waals surface area contributed by atoms with Crippen molar-refractivity contribution in [3.63, 3.8) is 0 Å². The summed E-state index contributed by atoms with van der Waals surface area (Å²) in [6.07, 6.45) is 3.58. The average molecular weight is 233 g/mol. The van der Waals surface area contributed by atoms with E-state index in [0.29, 0.717) is 6.42 Å². The predicted molar refractivity (Wildman–Crippen MR) is 67.3 cm³/mol. The van der Waals surface area contributed by atoms with Crippen molar-refractivity contribution < 1.29 is 9.53 Å². The molecule has 0 spiro atoms. The van der Waals surface area contributed by atoms with Crippen LogP contribution in [0.3, 0.4) is 0 Å². The Labute approximate surface area is 102 Å². The average Bonchev–Trinajstić information content (AvgIpc) is 2.83. The molecular weight excluding hydrogens is 214 g/mol. The third-order valence-electron chi connectivity index (χ3n) is 3.11. The normalized spacial score (nSPS) is 13.0. The molecular formula is C14H19NO2. The summed E-state index contributed by atoms with van der Waals surface area (Å²) in [7, 11) is 0. The number of fused-ring (bicyclic) bond motifs is 1. The lowest BCUT2D eigenvalue weighted by atomic mass is 10.0. The fourth-order valence-corrected chi connectivity index (χ4v) is 2.16. The molecule has 0 fully saturated rings. The van der Waals surface area contributed by atoms with Gasteiger partial charge in [-0.25, -0.2) is 0 Å². The fraction of sp³-hybridized carbons (Fsp3) is 0.500. The molecule has 1 heterocycles. The summed E-state index contributed by atoms with van der Waals surface area (Å²) in [6.45, 7) is 3.44. The molecule has 1 aromatic carbocycles. The van der Waals surface area contributed by atoms with Crippen LogP contribution in [0.25, 0.3) is 0 Å². The van der Waals surface area contributed by atoms with Gasteiger partial charge < -0.3 is 10.1 Å². The lowest BCUT2D eigenvalue weighted by Gasteiger charge is -2.07. The van der Waals surface area contributed by atoms with Crippen LogP contribution in [0.15, 0.2) is 18.2 Å². The van der Waals surface area contributed by atoms with Gasteiger partial charge in [0.1, 0.15) is 5.75 Å². The van der Waals surface area contributed by atoms with Crippen molar-refractivity contribution in [1.29, 1.82) is 0 Å². The Balaban J connectivity index is 1.83. The number of ether oxygens (including phenoxy) is 1. The minimum Gasteiger partial charge on any atom is -0.493 e. The zero-order valence-electron chi connectivity index (χ0n) is 10.3. The van der Waals surface area contributed by atoms with Gasteiger partial charge in [-0.3, -0.25) is 4.79 Å². The van der Waals surface area contributed by atoms with E-state index in [0.717, 1.165) is 38.2 Å². The van der Waals surface area contributed by atoms with Crippen LogP contribution in [-0.4, -0.2) is 19.1 Å². The zero-order valence-corrected chi connectivity index (χ0v) is 10.3. The molecule has 0 radical (unpaired) electrons. The van der Waals surface area contributed by atoms with E-state index in [1.807, 2.05) is 19.1 Å². The molecule has 92 valence electrons. The van der Waals surface area contributed by atoms with Gasteiger partial charge in [-0.05, 0) is 24.5 Å². The molecule has 0 aromatic heterocycles. The maximum absolute atomic E-state index is 11.1. The minimum atomic E-state index is 0.131. The maximum atomic E-state index is 11.1. The van der Waals surface area contributed by atoms with Crippen molar-refractivity contribution in [2.45, 2.75) is 32.6 Å². The van der Waals surface area contributed by atoms with Crippen molar-refractivity contribution in [3.8, 4) is 5.75 Å². The molecule has 1 aliphatic heterocycles. The first-order chi connectivity index (χ1) is 8.31. The second-order valence-corrected chi connectivity index (χ2v) is 4.30. The zero-order chi connectivity index (χ0) is 12.1. The van der Waals surface area contributed by atoms with Crippen LogP contribution in [0, 0.1) is 0 Å². The standard InChI is InChI=1S/C14H19NO2/c1-2-14(16)15-9-4-6-11-5-3-7-13-12(11)8-10-17-13/h3,5,7H,2,4,6,8-10H2,1H3,(H,15,16). The molecule has 3 nitrogen and oxygen atoms in total. The molecule has 0 bridgehead atoms. The Bertz CT molecular complexity index is 401. The van der Waals surface area contributed by atoms with Crippen LogP contribution in [-0.2, 0) is 17.6 Å². The first-order valence-corrected chi connectivity index (χ1v) is 6.31. The van der Waals surface area contributed by atoms with Gasteiger partial charge in [0, 0.05) is 24.9 Å². The van der Waals surface area contributed by atoms with Crippen LogP contribution in [0.2, 0.25) is 0 Å². The Kier molecular flexibility index (Phi) is 4.02. The molecule has 1 N–H and O–H groups in total. The third-order valence-corrected chi connectivity index (χ3v) is 3.11. The van der Waals surface area contributed by atoms with Crippen molar-refractivity contribution in [2.24, 2.45) is 0 Å². The van der Waals surface area contributed by atoms with Gasteiger partial charge in [-0.15, -0.1) is 0 Å². The van der Waals surface area contributed by atoms with Crippen molar-refractivity contribution in [3.05, 3.63) is 29.3 Å². The van der Waals surface area contributed by atoms with Gasteiger partial charge in [0.05, 0.1) is 6.61 Å². The summed E-state index contributed by atoms with van der Waals surface area (Å²) in [6, 6.07) is 6.24. The molecule has 17 heavy (non-hydrogen) atoms. The molecule has 1 amide bonds. The molecule has 3 heteroatoms. The smallest absolute Gasteiger partial charge is 0.219 e. The van der Waals surface area contributed by atoms with E-state index in [4.69, 9.17) is 4.74 Å². The summed E-state index contributed by atoms with van der Waals surface area (Å²) < 4.78 is 5.53. The van der Waals surface area contributed by atoms with Crippen LogP contribution >= 0.6 is 0 Å². The lowest BCUT2D eigenvalue weighted by Crippen LogP contribution is -2.23. The first-order valence-electron chi connectivity index (χ1n) is 6.31. The fourth-order valence-electron chi connectivity index (χ4n) is 2.16. The SMILES string of the molecule is CCC(=O)NCCCc1cccc2c1CCO2. The summed E-state index contributed by atoms with van der Waals surface area (Å²) in [5.41, 5.74) is 2.72. The summed E-state index contributed by atoms with van der Waals surface area (Å²) in [5, 5.41) is 2.90. The van der Waals surface area contributed by atoms with Gasteiger partial charge in [-0.2, -0.15) is 0 Å². The Hall–Kier alpha value is -1.51.